The van der Waals surface area contributed by atoms with Crippen molar-refractivity contribution in [1.82, 2.24) is 10.1 Å². The van der Waals surface area contributed by atoms with Crippen LogP contribution >= 0.6 is 0 Å². The third-order valence-electron chi connectivity index (χ3n) is 7.92. The van der Waals surface area contributed by atoms with E-state index in [1.165, 1.54) is 25.0 Å². The average Bonchev–Trinajstić information content (AvgIpc) is 3.54. The number of likely N-dealkylation sites (tertiary alicyclic amines) is 1. The Hall–Kier alpha value is -3.39. The van der Waals surface area contributed by atoms with Crippen LogP contribution in [-0.4, -0.2) is 48.4 Å². The van der Waals surface area contributed by atoms with E-state index in [4.69, 9.17) is 9.26 Å². The predicted molar refractivity (Wildman–Crippen MR) is 143 cm³/mol. The first-order valence-electron chi connectivity index (χ1n) is 13.4. The van der Waals surface area contributed by atoms with Gasteiger partial charge >= 0.3 is 0 Å². The van der Waals surface area contributed by atoms with Gasteiger partial charge in [-0.1, -0.05) is 31.1 Å². The summed E-state index contributed by atoms with van der Waals surface area (Å²) in [5.74, 6) is -0.115. The molecule has 1 saturated heterocycles. The highest BCUT2D eigenvalue weighted by molar-refractivity contribution is 5.96. The van der Waals surface area contributed by atoms with Gasteiger partial charge in [0.05, 0.1) is 12.7 Å². The molecule has 39 heavy (non-hydrogen) atoms. The van der Waals surface area contributed by atoms with E-state index in [0.717, 1.165) is 30.0 Å². The molecular formula is C31H34F2N2O4. The fourth-order valence-corrected chi connectivity index (χ4v) is 5.76. The van der Waals surface area contributed by atoms with Gasteiger partial charge < -0.3 is 14.2 Å². The van der Waals surface area contributed by atoms with Gasteiger partial charge in [-0.15, -0.1) is 0 Å². The summed E-state index contributed by atoms with van der Waals surface area (Å²) in [6, 6.07) is 12.3. The summed E-state index contributed by atoms with van der Waals surface area (Å²) in [4.78, 5) is 29.1. The minimum atomic E-state index is -0.791. The third-order valence-corrected chi connectivity index (χ3v) is 7.92. The standard InChI is InChI=1S/C31H34F2N2O4/c1-30(2,21-5-4-6-24(11-21)38-3)14-23(36)15-31(18-35(19-31)17-20-7-8-20)16-28(37)27-13-29(39-34-27)25-10-9-22(32)12-26(25)33/h4-6,9-13,20H,7-8,14-19H2,1-3H3. The molecule has 1 saturated carbocycles. The Morgan fingerprint density at radius 1 is 1.10 bits per heavy atom. The summed E-state index contributed by atoms with van der Waals surface area (Å²) in [5.41, 5.74) is 0.264. The van der Waals surface area contributed by atoms with Crippen molar-refractivity contribution in [3.8, 4) is 17.1 Å². The molecule has 0 N–H and O–H groups in total. The molecule has 1 aliphatic carbocycles. The van der Waals surface area contributed by atoms with Gasteiger partial charge in [0.1, 0.15) is 28.9 Å². The highest BCUT2D eigenvalue weighted by Crippen LogP contribution is 2.43. The number of carbonyl (C=O) groups is 2. The first kappa shape index (κ1) is 27.2. The number of ketones is 2. The number of halogens is 2. The van der Waals surface area contributed by atoms with Gasteiger partial charge in [0.2, 0.25) is 0 Å². The van der Waals surface area contributed by atoms with Crippen molar-refractivity contribution in [3.63, 3.8) is 0 Å². The molecule has 1 aliphatic heterocycles. The molecule has 206 valence electrons. The maximum atomic E-state index is 14.2. The number of methoxy groups -OCH3 is 1. The van der Waals surface area contributed by atoms with Crippen LogP contribution < -0.4 is 4.74 Å². The molecule has 0 spiro atoms. The Balaban J connectivity index is 1.29. The largest absolute Gasteiger partial charge is 0.497 e. The second-order valence-electron chi connectivity index (χ2n) is 11.9. The maximum absolute atomic E-state index is 14.2. The van der Waals surface area contributed by atoms with Gasteiger partial charge in [-0.3, -0.25) is 9.59 Å². The minimum absolute atomic E-state index is 0.0341. The second-order valence-corrected chi connectivity index (χ2v) is 11.9. The lowest BCUT2D eigenvalue weighted by molar-refractivity contribution is -0.126. The van der Waals surface area contributed by atoms with Crippen molar-refractivity contribution in [2.45, 2.75) is 51.4 Å². The number of hydrogen-bond donors (Lipinski definition) is 0. The van der Waals surface area contributed by atoms with Gasteiger partial charge in [0.15, 0.2) is 11.5 Å². The molecule has 6 nitrogen and oxygen atoms in total. The van der Waals surface area contributed by atoms with Crippen molar-refractivity contribution in [3.05, 3.63) is 71.4 Å². The summed E-state index contributed by atoms with van der Waals surface area (Å²) < 4.78 is 38.1. The zero-order valence-corrected chi connectivity index (χ0v) is 22.6. The summed E-state index contributed by atoms with van der Waals surface area (Å²) in [6.07, 6.45) is 3.26. The average molecular weight is 537 g/mol. The van der Waals surface area contributed by atoms with E-state index in [1.54, 1.807) is 7.11 Å². The van der Waals surface area contributed by atoms with E-state index >= 15 is 0 Å². The Morgan fingerprint density at radius 3 is 2.56 bits per heavy atom. The first-order valence-corrected chi connectivity index (χ1v) is 13.4. The number of hydrogen-bond acceptors (Lipinski definition) is 6. The van der Waals surface area contributed by atoms with Crippen molar-refractivity contribution >= 4 is 11.6 Å². The number of ether oxygens (including phenoxy) is 1. The molecule has 1 aromatic heterocycles. The van der Waals surface area contributed by atoms with Crippen molar-refractivity contribution in [1.29, 1.82) is 0 Å². The minimum Gasteiger partial charge on any atom is -0.497 e. The topological polar surface area (TPSA) is 72.6 Å². The Kier molecular flexibility index (Phi) is 7.42. The van der Waals surface area contributed by atoms with E-state index in [-0.39, 0.29) is 35.0 Å². The predicted octanol–water partition coefficient (Wildman–Crippen LogP) is 6.24. The second kappa shape index (κ2) is 10.6. The highest BCUT2D eigenvalue weighted by atomic mass is 19.1. The van der Waals surface area contributed by atoms with Crippen LogP contribution in [0.15, 0.2) is 53.1 Å². The molecule has 5 rings (SSSR count). The van der Waals surface area contributed by atoms with Crippen molar-refractivity contribution in [2.24, 2.45) is 11.3 Å². The molecule has 8 heteroatoms. The number of benzene rings is 2. The number of rotatable bonds is 12. The van der Waals surface area contributed by atoms with Crippen LogP contribution in [0.3, 0.4) is 0 Å². The summed E-state index contributed by atoms with van der Waals surface area (Å²) in [5, 5.41) is 3.88. The molecular weight excluding hydrogens is 502 g/mol. The molecule has 2 aromatic carbocycles. The molecule has 2 heterocycles. The smallest absolute Gasteiger partial charge is 0.185 e. The van der Waals surface area contributed by atoms with E-state index in [1.807, 2.05) is 38.1 Å². The Bertz CT molecular complexity index is 1370. The SMILES string of the molecule is COc1cccc(C(C)(C)CC(=O)CC2(CC(=O)c3cc(-c4ccc(F)cc4F)on3)CN(CC3CC3)C2)c1. The lowest BCUT2D eigenvalue weighted by Crippen LogP contribution is -2.58. The fourth-order valence-electron chi connectivity index (χ4n) is 5.76. The number of aromatic nitrogens is 1. The summed E-state index contributed by atoms with van der Waals surface area (Å²) >= 11 is 0. The van der Waals surface area contributed by atoms with Crippen LogP contribution in [0, 0.1) is 23.0 Å². The van der Waals surface area contributed by atoms with Crippen molar-refractivity contribution < 1.29 is 27.6 Å². The lowest BCUT2D eigenvalue weighted by Gasteiger charge is -2.50. The van der Waals surface area contributed by atoms with E-state index < -0.39 is 22.5 Å². The van der Waals surface area contributed by atoms with Crippen LogP contribution in [0.1, 0.15) is 62.0 Å². The van der Waals surface area contributed by atoms with Gasteiger partial charge in [-0.25, -0.2) is 8.78 Å². The maximum Gasteiger partial charge on any atom is 0.185 e. The van der Waals surface area contributed by atoms with E-state index in [0.29, 0.717) is 31.8 Å². The Labute approximate surface area is 227 Å². The number of Topliss-reactive ketones (excluding diaryl/α,β-unsaturated/α-hetero) is 2. The number of nitrogens with zero attached hydrogens (tertiary/aromatic N) is 2. The van der Waals surface area contributed by atoms with Crippen molar-refractivity contribution in [2.75, 3.05) is 26.7 Å². The summed E-state index contributed by atoms with van der Waals surface area (Å²) in [7, 11) is 1.62. The fraction of sp³-hybridized carbons (Fsp3) is 0.452. The van der Waals surface area contributed by atoms with Crippen LogP contribution in [0.2, 0.25) is 0 Å². The third kappa shape index (κ3) is 6.27. The van der Waals surface area contributed by atoms with Crippen LogP contribution in [-0.2, 0) is 10.2 Å². The van der Waals surface area contributed by atoms with Crippen LogP contribution in [0.25, 0.3) is 11.3 Å². The molecule has 0 unspecified atom stereocenters. The molecule has 0 amide bonds. The normalized spacial score (nSPS) is 17.1. The van der Waals surface area contributed by atoms with Gasteiger partial charge in [-0.05, 0) is 54.0 Å². The number of carbonyl (C=O) groups excluding carboxylic acids is 2. The zero-order chi connectivity index (χ0) is 27.8. The molecule has 2 fully saturated rings. The molecule has 2 aliphatic rings. The quantitative estimate of drug-likeness (QED) is 0.255. The summed E-state index contributed by atoms with van der Waals surface area (Å²) in [6.45, 7) is 6.44. The molecule has 3 aromatic rings. The van der Waals surface area contributed by atoms with Crippen LogP contribution in [0.5, 0.6) is 5.75 Å². The molecule has 0 radical (unpaired) electrons. The first-order chi connectivity index (χ1) is 18.6. The van der Waals surface area contributed by atoms with Crippen LogP contribution in [0.4, 0.5) is 8.78 Å². The highest BCUT2D eigenvalue weighted by Gasteiger charge is 2.47. The zero-order valence-electron chi connectivity index (χ0n) is 22.6. The molecule has 0 atom stereocenters. The molecule has 0 bridgehead atoms. The van der Waals surface area contributed by atoms with Gasteiger partial charge in [0.25, 0.3) is 0 Å². The van der Waals surface area contributed by atoms with E-state index in [9.17, 15) is 18.4 Å². The van der Waals surface area contributed by atoms with Gasteiger partial charge in [-0.2, -0.15) is 0 Å². The monoisotopic (exact) mass is 536 g/mol. The van der Waals surface area contributed by atoms with Gasteiger partial charge in [0, 0.05) is 56.4 Å². The van der Waals surface area contributed by atoms with E-state index in [2.05, 4.69) is 10.1 Å². The lowest BCUT2D eigenvalue weighted by atomic mass is 9.69. The Morgan fingerprint density at radius 2 is 1.87 bits per heavy atom.